The second-order valence-corrected chi connectivity index (χ2v) is 12.5. The number of hydrazine groups is 1. The second kappa shape index (κ2) is 10.5. The lowest BCUT2D eigenvalue weighted by Gasteiger charge is -2.57. The Balaban J connectivity index is 1.12. The lowest BCUT2D eigenvalue weighted by Crippen LogP contribution is -2.67. The van der Waals surface area contributed by atoms with Gasteiger partial charge in [0.1, 0.15) is 31.4 Å². The molecule has 1 saturated heterocycles. The fraction of sp³-hybridized carbons (Fsp3) is 0.958. The number of carbonyl (C=O) groups is 1. The average Bonchev–Trinajstić information content (AvgIpc) is 3.34. The Morgan fingerprint density at radius 2 is 1.71 bits per heavy atom. The topological polar surface area (TPSA) is 91.9 Å². The molecule has 35 heavy (non-hydrogen) atoms. The van der Waals surface area contributed by atoms with Crippen LogP contribution in [-0.4, -0.2) is 70.9 Å². The molecule has 6 rings (SSSR count). The van der Waals surface area contributed by atoms with Gasteiger partial charge in [0.05, 0.1) is 28.5 Å². The van der Waals surface area contributed by atoms with E-state index in [1.54, 1.807) is 0 Å². The van der Waals surface area contributed by atoms with Gasteiger partial charge in [0.2, 0.25) is 5.91 Å². The first-order valence-electron chi connectivity index (χ1n) is 13.0. The Hall–Kier alpha value is -0.290. The Bertz CT molecular complexity index is 775. The van der Waals surface area contributed by atoms with Gasteiger partial charge in [0.25, 0.3) is 0 Å². The third kappa shape index (κ3) is 5.33. The number of fused-ring (bicyclic) bond motifs is 3. The number of halogens is 4. The van der Waals surface area contributed by atoms with Crippen LogP contribution < -0.4 is 16.2 Å². The number of carbonyl (C=O) groups excluding carboxylic acids is 1. The molecule has 4 N–H and O–H groups in total. The van der Waals surface area contributed by atoms with E-state index < -0.39 is 34.7 Å². The standard InChI is InChI=1S/C24H37Cl2F2N3O4/c25-15-3-1-13(9-17(15)27)21-30-31-22(35-21)23-5-7-24(8-6-23,19(32)11-23)29-20(33)12-34-14-2-4-16(26)18(28)10-14/h13-19,21-22,30-32H,1-12H2,(H,29,33). The number of hydrogen-bond acceptors (Lipinski definition) is 6. The van der Waals surface area contributed by atoms with Crippen LogP contribution in [0.4, 0.5) is 8.78 Å². The van der Waals surface area contributed by atoms with Gasteiger partial charge in [-0.1, -0.05) is 0 Å². The van der Waals surface area contributed by atoms with Crippen molar-refractivity contribution in [3.63, 3.8) is 0 Å². The molecular formula is C24H37Cl2F2N3O4. The molecule has 5 saturated carbocycles. The van der Waals surface area contributed by atoms with Gasteiger partial charge < -0.3 is 19.9 Å². The number of amides is 1. The van der Waals surface area contributed by atoms with Gasteiger partial charge in [-0.3, -0.25) is 4.79 Å². The summed E-state index contributed by atoms with van der Waals surface area (Å²) in [6.45, 7) is -0.150. The molecule has 6 fully saturated rings. The first kappa shape index (κ1) is 26.3. The number of alkyl halides is 4. The number of aliphatic hydroxyl groups is 1. The molecule has 6 aliphatic rings. The van der Waals surface area contributed by atoms with Gasteiger partial charge in [-0.25, -0.2) is 19.6 Å². The minimum Gasteiger partial charge on any atom is -0.391 e. The molecule has 9 atom stereocenters. The number of ether oxygens (including phenoxy) is 2. The van der Waals surface area contributed by atoms with E-state index in [9.17, 15) is 18.7 Å². The largest absolute Gasteiger partial charge is 0.391 e. The van der Waals surface area contributed by atoms with Gasteiger partial charge in [-0.05, 0) is 64.2 Å². The minimum absolute atomic E-state index is 0.0524. The molecule has 1 amide bonds. The summed E-state index contributed by atoms with van der Waals surface area (Å²) in [5.74, 6) is -0.231. The van der Waals surface area contributed by atoms with Crippen molar-refractivity contribution in [3.05, 3.63) is 0 Å². The highest BCUT2D eigenvalue weighted by atomic mass is 35.5. The third-order valence-electron chi connectivity index (χ3n) is 9.22. The molecule has 11 heteroatoms. The van der Waals surface area contributed by atoms with Gasteiger partial charge in [-0.15, -0.1) is 23.2 Å². The molecule has 0 spiro atoms. The smallest absolute Gasteiger partial charge is 0.246 e. The SMILES string of the molecule is O=C(COC1CCC(Cl)C(F)C1)NC12CCC(C3NNC(C4CCC(Cl)C(F)C4)O3)(CC1)CC2O. The van der Waals surface area contributed by atoms with Crippen LogP contribution in [0.1, 0.15) is 70.6 Å². The molecule has 1 aliphatic heterocycles. The van der Waals surface area contributed by atoms with Gasteiger partial charge in [0.15, 0.2) is 0 Å². The van der Waals surface area contributed by atoms with E-state index >= 15 is 0 Å². The van der Waals surface area contributed by atoms with Crippen LogP contribution in [-0.2, 0) is 14.3 Å². The molecule has 0 aromatic heterocycles. The summed E-state index contributed by atoms with van der Waals surface area (Å²) in [7, 11) is 0. The van der Waals surface area contributed by atoms with E-state index in [2.05, 4.69) is 16.2 Å². The van der Waals surface area contributed by atoms with Crippen molar-refractivity contribution < 1.29 is 28.2 Å². The second-order valence-electron chi connectivity index (χ2n) is 11.4. The van der Waals surface area contributed by atoms with Gasteiger partial charge in [0, 0.05) is 17.8 Å². The van der Waals surface area contributed by atoms with Crippen molar-refractivity contribution in [2.24, 2.45) is 11.3 Å². The predicted molar refractivity (Wildman–Crippen MR) is 127 cm³/mol. The van der Waals surface area contributed by atoms with Gasteiger partial charge in [-0.2, -0.15) is 0 Å². The molecule has 2 bridgehead atoms. The number of aliphatic hydroxyl groups excluding tert-OH is 1. The van der Waals surface area contributed by atoms with Crippen LogP contribution in [0, 0.1) is 11.3 Å². The van der Waals surface area contributed by atoms with Crippen LogP contribution in [0.3, 0.4) is 0 Å². The molecule has 5 aliphatic carbocycles. The first-order valence-corrected chi connectivity index (χ1v) is 13.9. The lowest BCUT2D eigenvalue weighted by molar-refractivity contribution is -0.163. The molecule has 7 nitrogen and oxygen atoms in total. The maximum absolute atomic E-state index is 14.1. The van der Waals surface area contributed by atoms with Crippen LogP contribution in [0.5, 0.6) is 0 Å². The lowest BCUT2D eigenvalue weighted by atomic mass is 9.55. The summed E-state index contributed by atoms with van der Waals surface area (Å²) in [6, 6.07) is 0. The Morgan fingerprint density at radius 1 is 1.03 bits per heavy atom. The molecule has 1 heterocycles. The fourth-order valence-electron chi connectivity index (χ4n) is 6.87. The molecule has 0 aromatic carbocycles. The Morgan fingerprint density at radius 3 is 2.37 bits per heavy atom. The van der Waals surface area contributed by atoms with E-state index in [0.717, 1.165) is 19.3 Å². The van der Waals surface area contributed by atoms with Gasteiger partial charge >= 0.3 is 0 Å². The molecular weight excluding hydrogens is 503 g/mol. The van der Waals surface area contributed by atoms with Crippen LogP contribution in [0.15, 0.2) is 0 Å². The van der Waals surface area contributed by atoms with Crippen molar-refractivity contribution in [3.8, 4) is 0 Å². The summed E-state index contributed by atoms with van der Waals surface area (Å²) in [6.07, 6.45) is 2.87. The minimum atomic E-state index is -1.11. The van der Waals surface area contributed by atoms with E-state index in [-0.39, 0.29) is 48.8 Å². The normalized spacial score (nSPS) is 50.3. The van der Waals surface area contributed by atoms with Crippen molar-refractivity contribution in [1.82, 2.24) is 16.2 Å². The van der Waals surface area contributed by atoms with Crippen molar-refractivity contribution in [1.29, 1.82) is 0 Å². The van der Waals surface area contributed by atoms with E-state index in [1.165, 1.54) is 0 Å². The maximum Gasteiger partial charge on any atom is 0.246 e. The van der Waals surface area contributed by atoms with Crippen molar-refractivity contribution in [2.75, 3.05) is 6.61 Å². The average molecular weight is 540 g/mol. The Kier molecular flexibility index (Phi) is 7.87. The summed E-state index contributed by atoms with van der Waals surface area (Å²) < 4.78 is 40.0. The molecule has 200 valence electrons. The summed E-state index contributed by atoms with van der Waals surface area (Å²) in [5, 5.41) is 13.2. The van der Waals surface area contributed by atoms with E-state index in [1.807, 2.05) is 0 Å². The maximum atomic E-state index is 14.1. The molecule has 0 radical (unpaired) electrons. The highest BCUT2D eigenvalue weighted by molar-refractivity contribution is 6.21. The van der Waals surface area contributed by atoms with Crippen LogP contribution in [0.25, 0.3) is 0 Å². The number of rotatable bonds is 6. The number of hydrogen-bond donors (Lipinski definition) is 4. The highest BCUT2D eigenvalue weighted by Gasteiger charge is 2.59. The fourth-order valence-corrected chi connectivity index (χ4v) is 7.33. The van der Waals surface area contributed by atoms with Crippen LogP contribution >= 0.6 is 23.2 Å². The monoisotopic (exact) mass is 539 g/mol. The highest BCUT2D eigenvalue weighted by Crippen LogP contribution is 2.55. The first-order chi connectivity index (χ1) is 16.7. The zero-order valence-corrected chi connectivity index (χ0v) is 21.4. The summed E-state index contributed by atoms with van der Waals surface area (Å²) in [5.41, 5.74) is 5.55. The zero-order valence-electron chi connectivity index (χ0n) is 19.9. The quantitative estimate of drug-likeness (QED) is 0.387. The Labute approximate surface area is 215 Å². The van der Waals surface area contributed by atoms with Crippen molar-refractivity contribution >= 4 is 29.1 Å². The summed E-state index contributed by atoms with van der Waals surface area (Å²) in [4.78, 5) is 12.7. The number of nitrogens with one attached hydrogen (secondary N) is 3. The predicted octanol–water partition coefficient (Wildman–Crippen LogP) is 3.20. The summed E-state index contributed by atoms with van der Waals surface area (Å²) >= 11 is 12.0. The van der Waals surface area contributed by atoms with Crippen molar-refractivity contribution in [2.45, 2.75) is 124 Å². The molecule has 9 unspecified atom stereocenters. The zero-order chi connectivity index (χ0) is 24.8. The molecule has 0 aromatic rings. The van der Waals surface area contributed by atoms with Crippen LogP contribution in [0.2, 0.25) is 0 Å². The third-order valence-corrected chi connectivity index (χ3v) is 10.2. The van der Waals surface area contributed by atoms with E-state index in [4.69, 9.17) is 32.7 Å². The van der Waals surface area contributed by atoms with E-state index in [0.29, 0.717) is 44.9 Å².